The van der Waals surface area contributed by atoms with Gasteiger partial charge in [-0.3, -0.25) is 0 Å². The lowest BCUT2D eigenvalue weighted by molar-refractivity contribution is 0.170. The molecular formula is C27H23FN4O. The van der Waals surface area contributed by atoms with Gasteiger partial charge >= 0.3 is 0 Å². The Morgan fingerprint density at radius 1 is 1.15 bits per heavy atom. The number of fused-ring (bicyclic) bond motifs is 4. The van der Waals surface area contributed by atoms with Crippen LogP contribution in [0.5, 0.6) is 0 Å². The Bertz CT molecular complexity index is 1390. The van der Waals surface area contributed by atoms with Crippen molar-refractivity contribution in [2.75, 3.05) is 0 Å². The Labute approximate surface area is 191 Å². The molecule has 2 heterocycles. The number of hydrogen-bond donors (Lipinski definition) is 0. The zero-order chi connectivity index (χ0) is 22.7. The predicted octanol–water partition coefficient (Wildman–Crippen LogP) is 5.72. The molecule has 0 unspecified atom stereocenters. The van der Waals surface area contributed by atoms with E-state index in [0.717, 1.165) is 47.5 Å². The van der Waals surface area contributed by atoms with E-state index >= 15 is 0 Å². The van der Waals surface area contributed by atoms with Gasteiger partial charge in [0.05, 0.1) is 34.9 Å². The normalized spacial score (nSPS) is 23.3. The molecule has 6 rings (SSSR count). The maximum absolute atomic E-state index is 13.7. The monoisotopic (exact) mass is 438 g/mol. The van der Waals surface area contributed by atoms with Gasteiger partial charge in [-0.2, -0.15) is 10.4 Å². The first-order valence-electron chi connectivity index (χ1n) is 11.3. The van der Waals surface area contributed by atoms with Crippen LogP contribution < -0.4 is 0 Å². The molecule has 5 nitrogen and oxygen atoms in total. The van der Waals surface area contributed by atoms with Gasteiger partial charge in [0.25, 0.3) is 0 Å². The topological polar surface area (TPSA) is 67.6 Å². The van der Waals surface area contributed by atoms with Crippen molar-refractivity contribution >= 4 is 0 Å². The molecule has 3 atom stereocenters. The van der Waals surface area contributed by atoms with Crippen molar-refractivity contribution in [2.24, 2.45) is 5.92 Å². The van der Waals surface area contributed by atoms with Crippen molar-refractivity contribution in [3.8, 4) is 23.0 Å². The van der Waals surface area contributed by atoms with Gasteiger partial charge in [-0.05, 0) is 73.7 Å². The fraction of sp³-hybridized carbons (Fsp3) is 0.296. The molecule has 164 valence electrons. The number of nitrogens with zero attached hydrogens (tertiary/aromatic N) is 4. The maximum Gasteiger partial charge on any atom is 0.143 e. The summed E-state index contributed by atoms with van der Waals surface area (Å²) in [5.41, 5.74) is 6.76. The molecule has 0 fully saturated rings. The van der Waals surface area contributed by atoms with Crippen molar-refractivity contribution in [3.05, 3.63) is 88.7 Å². The largest absolute Gasteiger partial charge is 0.361 e. The second-order valence-corrected chi connectivity index (χ2v) is 9.50. The zero-order valence-corrected chi connectivity index (χ0v) is 18.5. The summed E-state index contributed by atoms with van der Waals surface area (Å²) < 4.78 is 21.3. The Balaban J connectivity index is 1.60. The molecule has 2 aliphatic carbocycles. The molecule has 0 radical (unpaired) electrons. The number of halogens is 1. The lowest BCUT2D eigenvalue weighted by atomic mass is 9.56. The minimum Gasteiger partial charge on any atom is -0.361 e. The molecule has 0 saturated carbocycles. The minimum absolute atomic E-state index is 0.162. The van der Waals surface area contributed by atoms with Crippen LogP contribution >= 0.6 is 0 Å². The van der Waals surface area contributed by atoms with Gasteiger partial charge in [-0.25, -0.2) is 9.07 Å². The third-order valence-electron chi connectivity index (χ3n) is 7.66. The van der Waals surface area contributed by atoms with Gasteiger partial charge in [0.2, 0.25) is 0 Å². The van der Waals surface area contributed by atoms with Crippen LogP contribution in [0.1, 0.15) is 54.3 Å². The fourth-order valence-corrected chi connectivity index (χ4v) is 6.14. The molecule has 0 saturated heterocycles. The summed E-state index contributed by atoms with van der Waals surface area (Å²) in [6, 6.07) is 16.3. The van der Waals surface area contributed by atoms with Gasteiger partial charge in [0, 0.05) is 28.0 Å². The van der Waals surface area contributed by atoms with Gasteiger partial charge in [0.1, 0.15) is 11.6 Å². The van der Waals surface area contributed by atoms with Crippen molar-refractivity contribution in [1.82, 2.24) is 14.9 Å². The van der Waals surface area contributed by atoms with Crippen LogP contribution in [-0.2, 0) is 18.3 Å². The van der Waals surface area contributed by atoms with E-state index < -0.39 is 0 Å². The van der Waals surface area contributed by atoms with E-state index in [9.17, 15) is 9.65 Å². The summed E-state index contributed by atoms with van der Waals surface area (Å²) in [7, 11) is 0. The van der Waals surface area contributed by atoms with Crippen LogP contribution in [0.4, 0.5) is 4.39 Å². The van der Waals surface area contributed by atoms with Crippen molar-refractivity contribution in [3.63, 3.8) is 0 Å². The van der Waals surface area contributed by atoms with E-state index in [1.165, 1.54) is 23.4 Å². The van der Waals surface area contributed by atoms with E-state index in [2.05, 4.69) is 25.1 Å². The average molecular weight is 439 g/mol. The highest BCUT2D eigenvalue weighted by Gasteiger charge is 2.51. The van der Waals surface area contributed by atoms with E-state index in [4.69, 9.17) is 9.62 Å². The second-order valence-electron chi connectivity index (χ2n) is 9.50. The summed E-state index contributed by atoms with van der Waals surface area (Å²) in [6.45, 7) is 4.57. The molecule has 4 aromatic rings. The van der Waals surface area contributed by atoms with Crippen LogP contribution in [0.3, 0.4) is 0 Å². The van der Waals surface area contributed by atoms with Crippen LogP contribution in [0, 0.1) is 23.1 Å². The minimum atomic E-state index is -0.257. The average Bonchev–Trinajstić information content (AvgIpc) is 3.45. The zero-order valence-electron chi connectivity index (χ0n) is 18.5. The number of benzene rings is 2. The summed E-state index contributed by atoms with van der Waals surface area (Å²) in [5, 5.41) is 18.4. The molecule has 0 amide bonds. The molecule has 2 aromatic carbocycles. The Hall–Kier alpha value is -3.72. The van der Waals surface area contributed by atoms with E-state index in [1.54, 1.807) is 12.1 Å². The van der Waals surface area contributed by atoms with E-state index in [-0.39, 0.29) is 17.2 Å². The van der Waals surface area contributed by atoms with Crippen molar-refractivity contribution < 1.29 is 8.91 Å². The summed E-state index contributed by atoms with van der Waals surface area (Å²) in [4.78, 5) is 0. The van der Waals surface area contributed by atoms with Crippen LogP contribution in [0.15, 0.2) is 59.3 Å². The Morgan fingerprint density at radius 2 is 1.91 bits per heavy atom. The number of aromatic nitrogens is 3. The third kappa shape index (κ3) is 2.88. The molecule has 0 N–H and O–H groups in total. The fourth-order valence-electron chi connectivity index (χ4n) is 6.14. The lowest BCUT2D eigenvalue weighted by Crippen LogP contribution is -2.45. The highest BCUT2D eigenvalue weighted by molar-refractivity contribution is 5.67. The summed E-state index contributed by atoms with van der Waals surface area (Å²) in [6.07, 6.45) is 4.61. The molecule has 33 heavy (non-hydrogen) atoms. The van der Waals surface area contributed by atoms with Crippen LogP contribution in [0.2, 0.25) is 0 Å². The number of rotatable bonds is 2. The molecular weight excluding hydrogens is 415 g/mol. The highest BCUT2D eigenvalue weighted by Crippen LogP contribution is 2.55. The van der Waals surface area contributed by atoms with Gasteiger partial charge in [-0.15, -0.1) is 0 Å². The van der Waals surface area contributed by atoms with Crippen LogP contribution in [-0.4, -0.2) is 14.9 Å². The Kier molecular flexibility index (Phi) is 4.31. The number of hydrogen-bond acceptors (Lipinski definition) is 4. The second kappa shape index (κ2) is 7.14. The Morgan fingerprint density at radius 3 is 2.64 bits per heavy atom. The van der Waals surface area contributed by atoms with E-state index in [1.807, 2.05) is 35.1 Å². The third-order valence-corrected chi connectivity index (χ3v) is 7.66. The SMILES string of the molecule is C[C@H]1c2oncc2C[C@@]2(C)c3c(c(-c4ccc(F)cc4)nn3-c3ccc(C#N)cc3)CC[C@H]12. The molecule has 6 heteroatoms. The highest BCUT2D eigenvalue weighted by atomic mass is 19.1. The molecule has 2 aromatic heterocycles. The molecule has 0 spiro atoms. The first-order chi connectivity index (χ1) is 16.0. The molecule has 0 bridgehead atoms. The molecule has 0 aliphatic heterocycles. The maximum atomic E-state index is 13.7. The van der Waals surface area contributed by atoms with Gasteiger partial charge < -0.3 is 4.52 Å². The van der Waals surface area contributed by atoms with Crippen molar-refractivity contribution in [1.29, 1.82) is 5.26 Å². The van der Waals surface area contributed by atoms with Gasteiger partial charge in [0.15, 0.2) is 0 Å². The van der Waals surface area contributed by atoms with Crippen LogP contribution in [0.25, 0.3) is 16.9 Å². The van der Waals surface area contributed by atoms with E-state index in [0.29, 0.717) is 11.5 Å². The molecule has 2 aliphatic rings. The smallest absolute Gasteiger partial charge is 0.143 e. The first-order valence-corrected chi connectivity index (χ1v) is 11.3. The first kappa shape index (κ1) is 19.9. The van der Waals surface area contributed by atoms with Gasteiger partial charge in [-0.1, -0.05) is 19.0 Å². The standard InChI is InChI=1S/C27H23FN4O/c1-16-23-12-11-22-24(18-5-7-20(28)8-6-18)31-32(21-9-3-17(14-29)4-10-21)26(22)27(23,2)13-19-15-30-33-25(16)19/h3-10,15-16,23H,11-13H2,1-2H3/t16-,23-,27-/m1/s1. The summed E-state index contributed by atoms with van der Waals surface area (Å²) in [5.74, 6) is 1.39. The predicted molar refractivity (Wildman–Crippen MR) is 121 cm³/mol. The lowest BCUT2D eigenvalue weighted by Gasteiger charge is -2.47. The number of nitriles is 1. The van der Waals surface area contributed by atoms with Crippen molar-refractivity contribution in [2.45, 2.75) is 44.4 Å². The summed E-state index contributed by atoms with van der Waals surface area (Å²) >= 11 is 0. The quantitative estimate of drug-likeness (QED) is 0.402.